The van der Waals surface area contributed by atoms with Crippen molar-refractivity contribution in [3.05, 3.63) is 55.4 Å². The number of carboxylic acid groups (broad SMARTS) is 1. The van der Waals surface area contributed by atoms with Gasteiger partial charge in [0.25, 0.3) is 5.56 Å². The third-order valence-electron chi connectivity index (χ3n) is 2.46. The number of carboxylic acids is 1. The summed E-state index contributed by atoms with van der Waals surface area (Å²) in [6, 6.07) is 4.08. The molecule has 2 aromatic rings. The normalized spacial score (nSPS) is 10.5. The molecular formula is C12H6Cl3NO3. The Morgan fingerprint density at radius 3 is 2.26 bits per heavy atom. The number of pyridine rings is 1. The van der Waals surface area contributed by atoms with Crippen LogP contribution in [-0.2, 0) is 0 Å². The molecule has 0 amide bonds. The van der Waals surface area contributed by atoms with Gasteiger partial charge in [0.2, 0.25) is 0 Å². The molecule has 98 valence electrons. The van der Waals surface area contributed by atoms with Crippen LogP contribution in [0.15, 0.2) is 29.2 Å². The zero-order chi connectivity index (χ0) is 14.2. The number of hydrogen-bond donors (Lipinski definition) is 2. The van der Waals surface area contributed by atoms with Crippen LogP contribution in [0.25, 0.3) is 11.1 Å². The van der Waals surface area contributed by atoms with E-state index in [1.54, 1.807) is 0 Å². The molecule has 0 aliphatic rings. The SMILES string of the molecule is O=C(O)c1cc[nH]c(=O)c1-c1cc(Cl)c(Cl)c(Cl)c1. The van der Waals surface area contributed by atoms with Crippen molar-refractivity contribution < 1.29 is 9.90 Å². The lowest BCUT2D eigenvalue weighted by molar-refractivity contribution is 0.0697. The van der Waals surface area contributed by atoms with Gasteiger partial charge in [0.15, 0.2) is 0 Å². The summed E-state index contributed by atoms with van der Waals surface area (Å²) in [6.07, 6.45) is 1.26. The zero-order valence-corrected chi connectivity index (χ0v) is 11.5. The van der Waals surface area contributed by atoms with Gasteiger partial charge < -0.3 is 10.1 Å². The van der Waals surface area contributed by atoms with Crippen LogP contribution in [0.5, 0.6) is 0 Å². The second kappa shape index (κ2) is 5.25. The molecule has 2 N–H and O–H groups in total. The second-order valence-electron chi connectivity index (χ2n) is 3.65. The Balaban J connectivity index is 2.79. The Kier molecular flexibility index (Phi) is 3.85. The number of H-pyrrole nitrogens is 1. The number of benzene rings is 1. The van der Waals surface area contributed by atoms with Gasteiger partial charge in [-0.1, -0.05) is 34.8 Å². The quantitative estimate of drug-likeness (QED) is 0.829. The first kappa shape index (κ1) is 13.9. The number of rotatable bonds is 2. The third-order valence-corrected chi connectivity index (χ3v) is 3.66. The lowest BCUT2D eigenvalue weighted by atomic mass is 10.0. The van der Waals surface area contributed by atoms with Crippen molar-refractivity contribution in [3.8, 4) is 11.1 Å². The molecule has 0 saturated heterocycles. The second-order valence-corrected chi connectivity index (χ2v) is 4.85. The molecular weight excluding hydrogens is 312 g/mol. The summed E-state index contributed by atoms with van der Waals surface area (Å²) in [7, 11) is 0. The predicted molar refractivity (Wildman–Crippen MR) is 74.5 cm³/mol. The molecule has 0 saturated carbocycles. The molecule has 4 nitrogen and oxygen atoms in total. The Morgan fingerprint density at radius 2 is 1.74 bits per heavy atom. The molecule has 7 heteroatoms. The van der Waals surface area contributed by atoms with Gasteiger partial charge in [-0.05, 0) is 23.8 Å². The maximum Gasteiger partial charge on any atom is 0.336 e. The molecule has 2 rings (SSSR count). The average Bonchev–Trinajstić information content (AvgIpc) is 2.35. The van der Waals surface area contributed by atoms with Crippen LogP contribution in [-0.4, -0.2) is 16.1 Å². The fourth-order valence-corrected chi connectivity index (χ4v) is 2.24. The number of halogens is 3. The molecule has 0 bridgehead atoms. The van der Waals surface area contributed by atoms with E-state index in [0.29, 0.717) is 5.56 Å². The van der Waals surface area contributed by atoms with Crippen molar-refractivity contribution in [2.45, 2.75) is 0 Å². The maximum absolute atomic E-state index is 11.8. The van der Waals surface area contributed by atoms with Crippen LogP contribution in [0, 0.1) is 0 Å². The molecule has 1 aromatic carbocycles. The van der Waals surface area contributed by atoms with E-state index in [0.717, 1.165) is 0 Å². The summed E-state index contributed by atoms with van der Waals surface area (Å²) in [6.45, 7) is 0. The van der Waals surface area contributed by atoms with Gasteiger partial charge in [-0.2, -0.15) is 0 Å². The minimum atomic E-state index is -1.22. The number of aromatic nitrogens is 1. The van der Waals surface area contributed by atoms with E-state index in [2.05, 4.69) is 4.98 Å². The molecule has 1 heterocycles. The number of carbonyl (C=O) groups is 1. The van der Waals surface area contributed by atoms with Gasteiger partial charge in [0.05, 0.1) is 26.2 Å². The van der Waals surface area contributed by atoms with Crippen LogP contribution in [0.3, 0.4) is 0 Å². The first-order valence-electron chi connectivity index (χ1n) is 5.01. The lowest BCUT2D eigenvalue weighted by Crippen LogP contribution is -2.14. The maximum atomic E-state index is 11.8. The molecule has 0 aliphatic carbocycles. The lowest BCUT2D eigenvalue weighted by Gasteiger charge is -2.07. The van der Waals surface area contributed by atoms with E-state index < -0.39 is 11.5 Å². The van der Waals surface area contributed by atoms with Gasteiger partial charge >= 0.3 is 5.97 Å². The van der Waals surface area contributed by atoms with Crippen molar-refractivity contribution in [1.82, 2.24) is 4.98 Å². The Bertz CT molecular complexity index is 701. The number of aromatic amines is 1. The van der Waals surface area contributed by atoms with Gasteiger partial charge in [0, 0.05) is 6.20 Å². The van der Waals surface area contributed by atoms with Crippen molar-refractivity contribution in [2.24, 2.45) is 0 Å². The van der Waals surface area contributed by atoms with Gasteiger partial charge in [-0.3, -0.25) is 4.79 Å². The number of hydrogen-bond acceptors (Lipinski definition) is 2. The molecule has 0 aliphatic heterocycles. The predicted octanol–water partition coefficient (Wildman–Crippen LogP) is 3.70. The van der Waals surface area contributed by atoms with E-state index in [1.807, 2.05) is 0 Å². The van der Waals surface area contributed by atoms with Crippen molar-refractivity contribution in [1.29, 1.82) is 0 Å². The van der Waals surface area contributed by atoms with E-state index in [4.69, 9.17) is 39.9 Å². The highest BCUT2D eigenvalue weighted by Crippen LogP contribution is 2.34. The van der Waals surface area contributed by atoms with Crippen LogP contribution in [0.1, 0.15) is 10.4 Å². The highest BCUT2D eigenvalue weighted by Gasteiger charge is 2.17. The van der Waals surface area contributed by atoms with Crippen molar-refractivity contribution in [3.63, 3.8) is 0 Å². The summed E-state index contributed by atoms with van der Waals surface area (Å²) in [5.41, 5.74) is -0.415. The fourth-order valence-electron chi connectivity index (χ4n) is 1.64. The van der Waals surface area contributed by atoms with Crippen LogP contribution >= 0.6 is 34.8 Å². The standard InChI is InChI=1S/C12H6Cl3NO3/c13-7-3-5(4-8(14)10(7)15)9-6(12(18)19)1-2-16-11(9)17/h1-4H,(H,16,17)(H,18,19). The Hall–Kier alpha value is -1.49. The Morgan fingerprint density at radius 1 is 1.16 bits per heavy atom. The zero-order valence-electron chi connectivity index (χ0n) is 9.21. The molecule has 0 radical (unpaired) electrons. The van der Waals surface area contributed by atoms with E-state index in [9.17, 15) is 9.59 Å². The van der Waals surface area contributed by atoms with Gasteiger partial charge in [0.1, 0.15) is 0 Å². The summed E-state index contributed by atoms with van der Waals surface area (Å²) in [5, 5.41) is 9.53. The average molecular weight is 319 g/mol. The summed E-state index contributed by atoms with van der Waals surface area (Å²) in [4.78, 5) is 25.4. The highest BCUT2D eigenvalue weighted by atomic mass is 35.5. The molecule has 1 aromatic heterocycles. The number of nitrogens with one attached hydrogen (secondary N) is 1. The number of aromatic carboxylic acids is 1. The van der Waals surface area contributed by atoms with Crippen LogP contribution in [0.4, 0.5) is 0 Å². The van der Waals surface area contributed by atoms with E-state index in [-0.39, 0.29) is 26.2 Å². The first-order valence-corrected chi connectivity index (χ1v) is 6.15. The molecule has 0 fully saturated rings. The summed E-state index contributed by atoms with van der Waals surface area (Å²) in [5.74, 6) is -1.22. The fraction of sp³-hybridized carbons (Fsp3) is 0. The molecule has 0 spiro atoms. The smallest absolute Gasteiger partial charge is 0.336 e. The van der Waals surface area contributed by atoms with E-state index >= 15 is 0 Å². The van der Waals surface area contributed by atoms with Gasteiger partial charge in [-0.25, -0.2) is 4.79 Å². The minimum Gasteiger partial charge on any atom is -0.478 e. The highest BCUT2D eigenvalue weighted by molar-refractivity contribution is 6.48. The van der Waals surface area contributed by atoms with Crippen LogP contribution in [0.2, 0.25) is 15.1 Å². The van der Waals surface area contributed by atoms with Crippen molar-refractivity contribution >= 4 is 40.8 Å². The molecule has 19 heavy (non-hydrogen) atoms. The molecule has 0 atom stereocenters. The topological polar surface area (TPSA) is 70.2 Å². The summed E-state index contributed by atoms with van der Waals surface area (Å²) >= 11 is 17.6. The van der Waals surface area contributed by atoms with Gasteiger partial charge in [-0.15, -0.1) is 0 Å². The minimum absolute atomic E-state index is 0.0181. The third kappa shape index (κ3) is 2.61. The largest absolute Gasteiger partial charge is 0.478 e. The van der Waals surface area contributed by atoms with Crippen LogP contribution < -0.4 is 5.56 Å². The van der Waals surface area contributed by atoms with E-state index in [1.165, 1.54) is 24.4 Å². The summed E-state index contributed by atoms with van der Waals surface area (Å²) < 4.78 is 0. The van der Waals surface area contributed by atoms with Crippen molar-refractivity contribution in [2.75, 3.05) is 0 Å². The monoisotopic (exact) mass is 317 g/mol. The first-order chi connectivity index (χ1) is 8.91. The Labute approximate surface area is 122 Å². The molecule has 0 unspecified atom stereocenters.